The van der Waals surface area contributed by atoms with Crippen LogP contribution < -0.4 is 4.90 Å². The van der Waals surface area contributed by atoms with Crippen molar-refractivity contribution in [1.82, 2.24) is 15.0 Å². The van der Waals surface area contributed by atoms with Crippen molar-refractivity contribution < 1.29 is 0 Å². The molecule has 0 unspecified atom stereocenters. The Kier molecular flexibility index (Phi) is 1.95. The van der Waals surface area contributed by atoms with Gasteiger partial charge in [0.05, 0.1) is 5.52 Å². The zero-order chi connectivity index (χ0) is 10.3. The Labute approximate surface area is 91.9 Å². The molecule has 0 bridgehead atoms. The van der Waals surface area contributed by atoms with Gasteiger partial charge in [-0.2, -0.15) is 0 Å². The summed E-state index contributed by atoms with van der Waals surface area (Å²) >= 11 is 5.87. The zero-order valence-corrected chi connectivity index (χ0v) is 8.78. The highest BCUT2D eigenvalue weighted by atomic mass is 35.5. The molecule has 3 rings (SSSR count). The van der Waals surface area contributed by atoms with Crippen molar-refractivity contribution in [2.75, 3.05) is 18.0 Å². The molecule has 2 aromatic rings. The molecule has 1 aliphatic heterocycles. The summed E-state index contributed by atoms with van der Waals surface area (Å²) < 4.78 is 0. The third kappa shape index (κ3) is 1.41. The zero-order valence-electron chi connectivity index (χ0n) is 8.02. The number of rotatable bonds is 1. The summed E-state index contributed by atoms with van der Waals surface area (Å²) in [6, 6.07) is 3.62. The minimum Gasteiger partial charge on any atom is -0.355 e. The van der Waals surface area contributed by atoms with Gasteiger partial charge in [0.1, 0.15) is 17.0 Å². The van der Waals surface area contributed by atoms with Gasteiger partial charge in [-0.25, -0.2) is 15.0 Å². The van der Waals surface area contributed by atoms with Crippen molar-refractivity contribution in [2.24, 2.45) is 0 Å². The van der Waals surface area contributed by atoms with E-state index in [1.807, 2.05) is 6.07 Å². The summed E-state index contributed by atoms with van der Waals surface area (Å²) in [5.74, 6) is 0.897. The number of halogens is 1. The Bertz CT molecular complexity index is 510. The third-order valence-electron chi connectivity index (χ3n) is 2.58. The highest BCUT2D eigenvalue weighted by Crippen LogP contribution is 2.25. The van der Waals surface area contributed by atoms with E-state index in [1.54, 1.807) is 12.4 Å². The summed E-state index contributed by atoms with van der Waals surface area (Å²) in [4.78, 5) is 14.9. The Balaban J connectivity index is 2.23. The molecule has 15 heavy (non-hydrogen) atoms. The fourth-order valence-electron chi connectivity index (χ4n) is 1.66. The van der Waals surface area contributed by atoms with Crippen LogP contribution in [0.5, 0.6) is 0 Å². The predicted octanol–water partition coefficient (Wildman–Crippen LogP) is 1.89. The first kappa shape index (κ1) is 8.85. The van der Waals surface area contributed by atoms with Gasteiger partial charge in [-0.05, 0) is 18.6 Å². The third-order valence-corrected chi connectivity index (χ3v) is 2.79. The van der Waals surface area contributed by atoms with Gasteiger partial charge in [0.2, 0.25) is 0 Å². The molecule has 0 aliphatic carbocycles. The van der Waals surface area contributed by atoms with Crippen molar-refractivity contribution in [3.8, 4) is 0 Å². The van der Waals surface area contributed by atoms with E-state index in [9.17, 15) is 0 Å². The molecule has 0 N–H and O–H groups in total. The van der Waals surface area contributed by atoms with E-state index in [4.69, 9.17) is 11.6 Å². The Hall–Kier alpha value is -1.42. The van der Waals surface area contributed by atoms with Crippen molar-refractivity contribution >= 4 is 28.5 Å². The number of pyridine rings is 1. The Morgan fingerprint density at radius 2 is 2.07 bits per heavy atom. The molecule has 0 saturated carbocycles. The Morgan fingerprint density at radius 1 is 1.20 bits per heavy atom. The van der Waals surface area contributed by atoms with Crippen LogP contribution >= 0.6 is 11.6 Å². The van der Waals surface area contributed by atoms with Crippen molar-refractivity contribution in [3.05, 3.63) is 23.6 Å². The van der Waals surface area contributed by atoms with Crippen molar-refractivity contribution in [2.45, 2.75) is 6.42 Å². The second-order valence-corrected chi connectivity index (χ2v) is 3.93. The van der Waals surface area contributed by atoms with Crippen LogP contribution in [0.3, 0.4) is 0 Å². The maximum atomic E-state index is 5.87. The molecule has 0 radical (unpaired) electrons. The van der Waals surface area contributed by atoms with Gasteiger partial charge in [0.15, 0.2) is 5.82 Å². The van der Waals surface area contributed by atoms with Crippen LogP contribution in [-0.2, 0) is 0 Å². The minimum atomic E-state index is 0.485. The highest BCUT2D eigenvalue weighted by Gasteiger charge is 2.19. The van der Waals surface area contributed by atoms with Crippen molar-refractivity contribution in [1.29, 1.82) is 0 Å². The number of hydrogen-bond acceptors (Lipinski definition) is 4. The molecule has 1 saturated heterocycles. The molecule has 4 nitrogen and oxygen atoms in total. The molecule has 1 fully saturated rings. The standard InChI is InChI=1S/C10H9ClN4/c11-8-3-2-7-9(14-8)10(13-6-12-7)15-4-1-5-15/h2-3,6H,1,4-5H2. The van der Waals surface area contributed by atoms with Gasteiger partial charge in [-0.15, -0.1) is 0 Å². The van der Waals surface area contributed by atoms with Gasteiger partial charge in [0.25, 0.3) is 0 Å². The average Bonchev–Trinajstić information content (AvgIpc) is 2.16. The van der Waals surface area contributed by atoms with Gasteiger partial charge in [-0.1, -0.05) is 11.6 Å². The SMILES string of the molecule is Clc1ccc2ncnc(N3CCC3)c2n1. The molecule has 76 valence electrons. The van der Waals surface area contributed by atoms with E-state index in [2.05, 4.69) is 19.9 Å². The first-order valence-corrected chi connectivity index (χ1v) is 5.24. The Morgan fingerprint density at radius 3 is 2.80 bits per heavy atom. The van der Waals surface area contributed by atoms with E-state index in [0.717, 1.165) is 29.9 Å². The average molecular weight is 221 g/mol. The summed E-state index contributed by atoms with van der Waals surface area (Å²) in [6.45, 7) is 2.08. The smallest absolute Gasteiger partial charge is 0.158 e. The quantitative estimate of drug-likeness (QED) is 0.689. The van der Waals surface area contributed by atoms with Crippen molar-refractivity contribution in [3.63, 3.8) is 0 Å². The predicted molar refractivity (Wildman–Crippen MR) is 59.2 cm³/mol. The maximum Gasteiger partial charge on any atom is 0.158 e. The molecule has 3 heterocycles. The summed E-state index contributed by atoms with van der Waals surface area (Å²) in [5.41, 5.74) is 1.64. The molecular weight excluding hydrogens is 212 g/mol. The molecule has 5 heteroatoms. The number of aromatic nitrogens is 3. The lowest BCUT2D eigenvalue weighted by molar-refractivity contribution is 0.611. The van der Waals surface area contributed by atoms with Crippen LogP contribution in [-0.4, -0.2) is 28.0 Å². The maximum absolute atomic E-state index is 5.87. The van der Waals surface area contributed by atoms with Crippen LogP contribution in [0.1, 0.15) is 6.42 Å². The number of fused-ring (bicyclic) bond motifs is 1. The summed E-state index contributed by atoms with van der Waals surface area (Å²) in [7, 11) is 0. The molecular formula is C10H9ClN4. The lowest BCUT2D eigenvalue weighted by Gasteiger charge is -2.32. The molecule has 0 spiro atoms. The monoisotopic (exact) mass is 220 g/mol. The van der Waals surface area contributed by atoms with Crippen LogP contribution in [0, 0.1) is 0 Å². The van der Waals surface area contributed by atoms with Gasteiger partial charge in [0, 0.05) is 13.1 Å². The van der Waals surface area contributed by atoms with Gasteiger partial charge >= 0.3 is 0 Å². The topological polar surface area (TPSA) is 41.9 Å². The van der Waals surface area contributed by atoms with Gasteiger partial charge < -0.3 is 4.90 Å². The van der Waals surface area contributed by atoms with E-state index < -0.39 is 0 Å². The molecule has 0 aromatic carbocycles. The van der Waals surface area contributed by atoms with E-state index in [1.165, 1.54) is 6.42 Å². The first-order valence-electron chi connectivity index (χ1n) is 4.87. The van der Waals surface area contributed by atoms with Crippen LogP contribution in [0.4, 0.5) is 5.82 Å². The lowest BCUT2D eigenvalue weighted by Crippen LogP contribution is -2.37. The van der Waals surface area contributed by atoms with Gasteiger partial charge in [-0.3, -0.25) is 0 Å². The van der Waals surface area contributed by atoms with Crippen LogP contribution in [0.15, 0.2) is 18.5 Å². The molecule has 0 atom stereocenters. The van der Waals surface area contributed by atoms with E-state index >= 15 is 0 Å². The molecule has 2 aromatic heterocycles. The van der Waals surface area contributed by atoms with E-state index in [0.29, 0.717) is 5.15 Å². The molecule has 0 amide bonds. The highest BCUT2D eigenvalue weighted by molar-refractivity contribution is 6.29. The normalized spacial score (nSPS) is 15.4. The second-order valence-electron chi connectivity index (χ2n) is 3.54. The first-order chi connectivity index (χ1) is 7.34. The number of anilines is 1. The lowest BCUT2D eigenvalue weighted by atomic mass is 10.2. The molecule has 1 aliphatic rings. The fraction of sp³-hybridized carbons (Fsp3) is 0.300. The fourth-order valence-corrected chi connectivity index (χ4v) is 1.81. The largest absolute Gasteiger partial charge is 0.355 e. The number of hydrogen-bond donors (Lipinski definition) is 0. The summed E-state index contributed by atoms with van der Waals surface area (Å²) in [5, 5.41) is 0.485. The van der Waals surface area contributed by atoms with Crippen LogP contribution in [0.25, 0.3) is 11.0 Å². The van der Waals surface area contributed by atoms with E-state index in [-0.39, 0.29) is 0 Å². The summed E-state index contributed by atoms with van der Waals surface area (Å²) in [6.07, 6.45) is 2.79. The minimum absolute atomic E-state index is 0.485. The van der Waals surface area contributed by atoms with Crippen LogP contribution in [0.2, 0.25) is 5.15 Å². The second kappa shape index (κ2) is 3.31. The number of nitrogens with zero attached hydrogens (tertiary/aromatic N) is 4.